The van der Waals surface area contributed by atoms with E-state index in [1.165, 1.54) is 18.0 Å². The van der Waals surface area contributed by atoms with Crippen LogP contribution in [0.25, 0.3) is 5.52 Å². The number of nitriles is 1. The number of aromatic nitrogens is 3. The molecule has 4 rings (SSSR count). The fourth-order valence-corrected chi connectivity index (χ4v) is 5.27. The molecule has 3 N–H and O–H groups in total. The van der Waals surface area contributed by atoms with Crippen LogP contribution in [0.2, 0.25) is 0 Å². The smallest absolute Gasteiger partial charge is 0.313 e. The molecule has 1 aliphatic carbocycles. The molecular weight excluding hydrogens is 494 g/mol. The van der Waals surface area contributed by atoms with Crippen molar-refractivity contribution >= 4 is 23.3 Å². The van der Waals surface area contributed by atoms with Crippen LogP contribution in [0.5, 0.6) is 0 Å². The molecule has 2 aromatic heterocycles. The van der Waals surface area contributed by atoms with Crippen LogP contribution in [0, 0.1) is 22.7 Å². The fraction of sp³-hybridized carbons (Fsp3) is 0.654. The summed E-state index contributed by atoms with van der Waals surface area (Å²) in [6.45, 7) is 3.17. The number of aliphatic hydroxyl groups is 1. The Morgan fingerprint density at radius 2 is 2.05 bits per heavy atom. The Balaban J connectivity index is 1.59. The van der Waals surface area contributed by atoms with E-state index in [4.69, 9.17) is 24.7 Å². The molecule has 0 bridgehead atoms. The van der Waals surface area contributed by atoms with Gasteiger partial charge in [-0.1, -0.05) is 19.3 Å². The average Bonchev–Trinajstić information content (AvgIpc) is 3.45. The lowest BCUT2D eigenvalue weighted by molar-refractivity contribution is -0.160. The van der Waals surface area contributed by atoms with E-state index in [1.807, 2.05) is 0 Å². The molecule has 0 spiro atoms. The minimum Gasteiger partial charge on any atom is -0.469 e. The lowest BCUT2D eigenvalue weighted by Crippen LogP contribution is -2.43. The summed E-state index contributed by atoms with van der Waals surface area (Å²) in [5.41, 5.74) is 3.71. The zero-order chi connectivity index (χ0) is 27.5. The third kappa shape index (κ3) is 5.32. The summed E-state index contributed by atoms with van der Waals surface area (Å²) in [6.07, 6.45) is 2.91. The molecule has 2 fully saturated rings. The number of hydrogen-bond acceptors (Lipinski definition) is 11. The summed E-state index contributed by atoms with van der Waals surface area (Å²) >= 11 is 0. The second-order valence-corrected chi connectivity index (χ2v) is 10.7. The molecule has 0 radical (unpaired) electrons. The summed E-state index contributed by atoms with van der Waals surface area (Å²) in [6, 6.07) is 5.26. The van der Waals surface area contributed by atoms with Gasteiger partial charge in [-0.2, -0.15) is 10.4 Å². The molecule has 1 aliphatic heterocycles. The van der Waals surface area contributed by atoms with Crippen molar-refractivity contribution in [1.82, 2.24) is 14.6 Å². The lowest BCUT2D eigenvalue weighted by atomic mass is 9.87. The van der Waals surface area contributed by atoms with Gasteiger partial charge >= 0.3 is 11.9 Å². The van der Waals surface area contributed by atoms with Crippen LogP contribution in [0.1, 0.15) is 58.1 Å². The topological polar surface area (TPSA) is 171 Å². The Morgan fingerprint density at radius 1 is 1.32 bits per heavy atom. The van der Waals surface area contributed by atoms with Crippen molar-refractivity contribution in [1.29, 1.82) is 5.26 Å². The third-order valence-electron chi connectivity index (χ3n) is 7.39. The molecule has 12 nitrogen and oxygen atoms in total. The molecule has 0 unspecified atom stereocenters. The van der Waals surface area contributed by atoms with E-state index >= 15 is 0 Å². The van der Waals surface area contributed by atoms with Gasteiger partial charge in [-0.15, -0.1) is 0 Å². The van der Waals surface area contributed by atoms with Crippen molar-refractivity contribution in [3.63, 3.8) is 0 Å². The van der Waals surface area contributed by atoms with Crippen molar-refractivity contribution in [2.24, 2.45) is 11.3 Å². The molecular formula is C26H35N5O7. The number of rotatable bonds is 9. The Morgan fingerprint density at radius 3 is 2.74 bits per heavy atom. The minimum absolute atomic E-state index is 0.0181. The molecule has 1 saturated heterocycles. The highest BCUT2D eigenvalue weighted by Gasteiger charge is 2.59. The van der Waals surface area contributed by atoms with Crippen molar-refractivity contribution < 1.29 is 33.6 Å². The van der Waals surface area contributed by atoms with Crippen LogP contribution in [0.15, 0.2) is 18.5 Å². The number of nitrogens with two attached hydrogens (primary N) is 1. The molecule has 1 saturated carbocycles. The monoisotopic (exact) mass is 529 g/mol. The van der Waals surface area contributed by atoms with E-state index in [2.05, 4.69) is 16.2 Å². The summed E-state index contributed by atoms with van der Waals surface area (Å²) in [5.74, 6) is -0.512. The second-order valence-electron chi connectivity index (χ2n) is 10.7. The van der Waals surface area contributed by atoms with Crippen LogP contribution >= 0.6 is 0 Å². The minimum atomic E-state index is -1.94. The van der Waals surface area contributed by atoms with Crippen molar-refractivity contribution in [2.75, 3.05) is 26.1 Å². The summed E-state index contributed by atoms with van der Waals surface area (Å²) < 4.78 is 23.9. The third-order valence-corrected chi connectivity index (χ3v) is 7.39. The summed E-state index contributed by atoms with van der Waals surface area (Å²) in [7, 11) is 1.29. The van der Waals surface area contributed by atoms with Crippen LogP contribution in [-0.2, 0) is 34.1 Å². The SMILES string of the molecule is COC(=O)C(C)(C)COC[C@H]1O[C@@](C#N)(c2ccc3c(N)ncnn23)[C@H](O)[C@@H]1OC(=O)CC1CCCCC1. The van der Waals surface area contributed by atoms with Gasteiger partial charge in [-0.05, 0) is 44.7 Å². The van der Waals surface area contributed by atoms with Crippen LogP contribution in [-0.4, -0.2) is 70.3 Å². The van der Waals surface area contributed by atoms with Crippen molar-refractivity contribution in [2.45, 2.75) is 76.3 Å². The van der Waals surface area contributed by atoms with E-state index in [1.54, 1.807) is 26.0 Å². The fourth-order valence-electron chi connectivity index (χ4n) is 5.27. The molecule has 2 aromatic rings. The first-order chi connectivity index (χ1) is 18.1. The molecule has 3 heterocycles. The largest absolute Gasteiger partial charge is 0.469 e. The number of nitrogen functional groups attached to an aromatic ring is 1. The van der Waals surface area contributed by atoms with Crippen LogP contribution < -0.4 is 5.73 Å². The van der Waals surface area contributed by atoms with Gasteiger partial charge in [0, 0.05) is 6.42 Å². The highest BCUT2D eigenvalue weighted by molar-refractivity contribution is 5.75. The summed E-state index contributed by atoms with van der Waals surface area (Å²) in [5, 5.41) is 26.0. The highest BCUT2D eigenvalue weighted by Crippen LogP contribution is 2.42. The van der Waals surface area contributed by atoms with Gasteiger partial charge in [0.05, 0.1) is 31.4 Å². The average molecular weight is 530 g/mol. The number of methoxy groups -OCH3 is 1. The molecule has 0 amide bonds. The number of aliphatic hydroxyl groups excluding tert-OH is 1. The molecule has 206 valence electrons. The number of carbonyl (C=O) groups excluding carboxylic acids is 2. The number of anilines is 1. The predicted molar refractivity (Wildman–Crippen MR) is 133 cm³/mol. The molecule has 4 atom stereocenters. The first kappa shape index (κ1) is 27.8. The van der Waals surface area contributed by atoms with Gasteiger partial charge in [-0.3, -0.25) is 9.59 Å². The first-order valence-electron chi connectivity index (χ1n) is 12.8. The zero-order valence-corrected chi connectivity index (χ0v) is 22.0. The standard InChI is InChI=1S/C26H35N5O7/c1-25(2,24(34)35-3)14-36-12-18-21(37-20(32)11-16-7-5-4-6-8-16)22(33)26(13-27,38-18)19-10-9-17-23(28)29-15-30-31(17)19/h9-10,15-16,18,21-22,33H,4-8,11-12,14H2,1-3H3,(H2,28,29,30)/t18-,21-,22-,26+/m1/s1. The van der Waals surface area contributed by atoms with Crippen molar-refractivity contribution in [3.05, 3.63) is 24.2 Å². The van der Waals surface area contributed by atoms with Gasteiger partial charge in [0.25, 0.3) is 0 Å². The van der Waals surface area contributed by atoms with Crippen LogP contribution in [0.4, 0.5) is 5.82 Å². The number of esters is 2. The summed E-state index contributed by atoms with van der Waals surface area (Å²) in [4.78, 5) is 29.0. The van der Waals surface area contributed by atoms with Crippen LogP contribution in [0.3, 0.4) is 0 Å². The Bertz CT molecular complexity index is 1200. The van der Waals surface area contributed by atoms with Gasteiger partial charge in [0.15, 0.2) is 11.9 Å². The normalized spacial score (nSPS) is 26.2. The van der Waals surface area contributed by atoms with E-state index in [0.29, 0.717) is 5.52 Å². The second kappa shape index (κ2) is 11.2. The van der Waals surface area contributed by atoms with E-state index in [-0.39, 0.29) is 37.1 Å². The number of ether oxygens (including phenoxy) is 4. The zero-order valence-electron chi connectivity index (χ0n) is 22.0. The Kier molecular flexibility index (Phi) is 8.20. The molecule has 2 aliphatic rings. The number of fused-ring (bicyclic) bond motifs is 1. The van der Waals surface area contributed by atoms with Gasteiger partial charge < -0.3 is 29.8 Å². The van der Waals surface area contributed by atoms with Gasteiger partial charge in [0.1, 0.15) is 30.1 Å². The van der Waals surface area contributed by atoms with E-state index in [0.717, 1.165) is 32.1 Å². The molecule has 38 heavy (non-hydrogen) atoms. The predicted octanol–water partition coefficient (Wildman–Crippen LogP) is 1.89. The quantitative estimate of drug-likeness (QED) is 0.454. The van der Waals surface area contributed by atoms with Gasteiger partial charge in [0.2, 0.25) is 5.60 Å². The maximum atomic E-state index is 12.9. The van der Waals surface area contributed by atoms with E-state index in [9.17, 15) is 20.0 Å². The lowest BCUT2D eigenvalue weighted by Gasteiger charge is -2.26. The molecule has 0 aromatic carbocycles. The van der Waals surface area contributed by atoms with Crippen molar-refractivity contribution in [3.8, 4) is 6.07 Å². The van der Waals surface area contributed by atoms with Gasteiger partial charge in [-0.25, -0.2) is 9.50 Å². The number of hydrogen-bond donors (Lipinski definition) is 2. The molecule has 12 heteroatoms. The number of carbonyl (C=O) groups is 2. The Hall–Kier alpha value is -3.27. The number of nitrogens with zero attached hydrogens (tertiary/aromatic N) is 4. The maximum absolute atomic E-state index is 12.9. The maximum Gasteiger partial charge on any atom is 0.313 e. The first-order valence-corrected chi connectivity index (χ1v) is 12.8. The Labute approximate surface area is 221 Å². The highest BCUT2D eigenvalue weighted by atomic mass is 16.6. The van der Waals surface area contributed by atoms with E-state index < -0.39 is 41.3 Å².